The summed E-state index contributed by atoms with van der Waals surface area (Å²) in [6, 6.07) is 5.69. The fourth-order valence-corrected chi connectivity index (χ4v) is 2.05. The molecule has 0 aliphatic heterocycles. The van der Waals surface area contributed by atoms with Crippen LogP contribution in [-0.2, 0) is 6.18 Å². The van der Waals surface area contributed by atoms with E-state index in [2.05, 4.69) is 5.10 Å². The number of nitrogens with zero attached hydrogens (tertiary/aromatic N) is 2. The molecule has 0 amide bonds. The molecule has 0 saturated heterocycles. The summed E-state index contributed by atoms with van der Waals surface area (Å²) in [6.45, 7) is 0. The maximum absolute atomic E-state index is 12.8. The van der Waals surface area contributed by atoms with E-state index in [1.54, 1.807) is 0 Å². The van der Waals surface area contributed by atoms with Crippen molar-refractivity contribution in [2.24, 2.45) is 0 Å². The highest BCUT2D eigenvalue weighted by molar-refractivity contribution is 6.33. The molecule has 0 aliphatic rings. The molecule has 0 bridgehead atoms. The second-order valence-corrected chi connectivity index (χ2v) is 4.50. The average Bonchev–Trinajstić information content (AvgIpc) is 2.66. The number of halogens is 5. The Morgan fingerprint density at radius 3 is 2.40 bits per heavy atom. The van der Waals surface area contributed by atoms with Crippen LogP contribution in [0.3, 0.4) is 0 Å². The number of aromatic carboxylic acids is 1. The van der Waals surface area contributed by atoms with Crippen molar-refractivity contribution in [3.05, 3.63) is 45.7 Å². The molecular formula is C11H5Cl2F3N2O2. The van der Waals surface area contributed by atoms with Gasteiger partial charge in [0, 0.05) is 5.02 Å². The molecule has 0 saturated carbocycles. The van der Waals surface area contributed by atoms with E-state index in [4.69, 9.17) is 28.3 Å². The van der Waals surface area contributed by atoms with Crippen molar-refractivity contribution < 1.29 is 23.1 Å². The highest BCUT2D eigenvalue weighted by Crippen LogP contribution is 2.35. The predicted octanol–water partition coefficient (Wildman–Crippen LogP) is 3.90. The number of carboxylic acid groups (broad SMARTS) is 1. The molecule has 1 aromatic heterocycles. The quantitative estimate of drug-likeness (QED) is 0.911. The zero-order valence-electron chi connectivity index (χ0n) is 9.45. The number of alkyl halides is 3. The topological polar surface area (TPSA) is 55.1 Å². The molecule has 0 spiro atoms. The number of carboxylic acids is 1. The van der Waals surface area contributed by atoms with Gasteiger partial charge in [0.15, 0.2) is 5.69 Å². The Morgan fingerprint density at radius 2 is 1.95 bits per heavy atom. The van der Waals surface area contributed by atoms with Gasteiger partial charge in [-0.3, -0.25) is 0 Å². The van der Waals surface area contributed by atoms with Crippen molar-refractivity contribution in [1.29, 1.82) is 0 Å². The third-order valence-corrected chi connectivity index (χ3v) is 2.95. The first-order valence-corrected chi connectivity index (χ1v) is 5.82. The van der Waals surface area contributed by atoms with Crippen molar-refractivity contribution >= 4 is 29.2 Å². The smallest absolute Gasteiger partial charge is 0.436 e. The van der Waals surface area contributed by atoms with Crippen LogP contribution in [0, 0.1) is 0 Å². The van der Waals surface area contributed by atoms with Gasteiger partial charge in [-0.25, -0.2) is 9.48 Å². The highest BCUT2D eigenvalue weighted by atomic mass is 35.5. The Labute approximate surface area is 120 Å². The minimum absolute atomic E-state index is 0.125. The van der Waals surface area contributed by atoms with Crippen LogP contribution < -0.4 is 0 Å². The van der Waals surface area contributed by atoms with E-state index in [0.717, 1.165) is 0 Å². The molecule has 2 rings (SSSR count). The molecule has 0 aliphatic carbocycles. The van der Waals surface area contributed by atoms with Crippen LogP contribution in [0.1, 0.15) is 16.1 Å². The first-order chi connectivity index (χ1) is 9.21. The Balaban J connectivity index is 2.71. The van der Waals surface area contributed by atoms with Crippen LogP contribution in [0.5, 0.6) is 0 Å². The van der Waals surface area contributed by atoms with E-state index < -0.39 is 28.6 Å². The van der Waals surface area contributed by atoms with E-state index in [-0.39, 0.29) is 10.7 Å². The van der Waals surface area contributed by atoms with Gasteiger partial charge in [-0.1, -0.05) is 29.3 Å². The minimum atomic E-state index is -4.93. The lowest BCUT2D eigenvalue weighted by atomic mass is 10.2. The van der Waals surface area contributed by atoms with Gasteiger partial charge in [0.25, 0.3) is 0 Å². The molecule has 0 radical (unpaired) electrons. The van der Waals surface area contributed by atoms with Gasteiger partial charge in [0.1, 0.15) is 10.7 Å². The number of carbonyl (C=O) groups is 1. The fraction of sp³-hybridized carbons (Fsp3) is 0.0909. The number of rotatable bonds is 2. The average molecular weight is 325 g/mol. The van der Waals surface area contributed by atoms with Gasteiger partial charge >= 0.3 is 12.1 Å². The summed E-state index contributed by atoms with van der Waals surface area (Å²) in [5, 5.41) is 11.7. The summed E-state index contributed by atoms with van der Waals surface area (Å²) in [6.07, 6.45) is -4.93. The largest absolute Gasteiger partial charge is 0.478 e. The molecule has 0 atom stereocenters. The molecule has 9 heteroatoms. The van der Waals surface area contributed by atoms with Crippen LogP contribution in [0.4, 0.5) is 13.2 Å². The van der Waals surface area contributed by atoms with E-state index in [1.807, 2.05) is 0 Å². The third kappa shape index (κ3) is 2.59. The minimum Gasteiger partial charge on any atom is -0.478 e. The Bertz CT molecular complexity index is 683. The van der Waals surface area contributed by atoms with Crippen LogP contribution in [-0.4, -0.2) is 20.9 Å². The second-order valence-electron chi connectivity index (χ2n) is 3.71. The van der Waals surface area contributed by atoms with Crippen molar-refractivity contribution in [2.45, 2.75) is 6.18 Å². The molecule has 0 unspecified atom stereocenters. The van der Waals surface area contributed by atoms with Crippen LogP contribution in [0.25, 0.3) is 5.69 Å². The lowest BCUT2D eigenvalue weighted by Gasteiger charge is -2.03. The van der Waals surface area contributed by atoms with E-state index in [0.29, 0.717) is 4.68 Å². The lowest BCUT2D eigenvalue weighted by molar-refractivity contribution is -0.141. The highest BCUT2D eigenvalue weighted by Gasteiger charge is 2.41. The third-order valence-electron chi connectivity index (χ3n) is 2.36. The number of benzene rings is 1. The number of aromatic nitrogens is 2. The maximum Gasteiger partial charge on any atom is 0.436 e. The molecule has 1 N–H and O–H groups in total. The molecule has 4 nitrogen and oxygen atoms in total. The lowest BCUT2D eigenvalue weighted by Crippen LogP contribution is -2.12. The molecule has 1 aromatic carbocycles. The van der Waals surface area contributed by atoms with E-state index in [9.17, 15) is 18.0 Å². The molecule has 0 fully saturated rings. The fourth-order valence-electron chi connectivity index (χ4n) is 1.56. The second kappa shape index (κ2) is 4.99. The summed E-state index contributed by atoms with van der Waals surface area (Å²) < 4.78 is 39.0. The van der Waals surface area contributed by atoms with Gasteiger partial charge in [-0.15, -0.1) is 0 Å². The summed E-state index contributed by atoms with van der Waals surface area (Å²) >= 11 is 11.4. The van der Waals surface area contributed by atoms with Crippen LogP contribution in [0.15, 0.2) is 24.3 Å². The molecule has 2 aromatic rings. The van der Waals surface area contributed by atoms with Gasteiger partial charge in [0.2, 0.25) is 0 Å². The zero-order chi connectivity index (χ0) is 15.1. The normalized spacial score (nSPS) is 11.7. The van der Waals surface area contributed by atoms with Crippen molar-refractivity contribution in [3.63, 3.8) is 0 Å². The maximum atomic E-state index is 12.8. The SMILES string of the molecule is O=C(O)c1c(C(F)(F)F)nn(-c2cccc(Cl)c2)c1Cl. The Hall–Kier alpha value is -1.73. The first kappa shape index (κ1) is 14.7. The Kier molecular flexibility index (Phi) is 3.66. The zero-order valence-corrected chi connectivity index (χ0v) is 11.0. The molecule has 1 heterocycles. The van der Waals surface area contributed by atoms with Gasteiger partial charge in [-0.05, 0) is 18.2 Å². The summed E-state index contributed by atoms with van der Waals surface area (Å²) in [5.74, 6) is -1.81. The van der Waals surface area contributed by atoms with Crippen molar-refractivity contribution in [2.75, 3.05) is 0 Å². The predicted molar refractivity (Wildman–Crippen MR) is 65.5 cm³/mol. The van der Waals surface area contributed by atoms with Crippen LogP contribution in [0.2, 0.25) is 10.2 Å². The summed E-state index contributed by atoms with van der Waals surface area (Å²) in [7, 11) is 0. The van der Waals surface area contributed by atoms with E-state index in [1.165, 1.54) is 24.3 Å². The van der Waals surface area contributed by atoms with Gasteiger partial charge in [0.05, 0.1) is 5.69 Å². The number of hydrogen-bond acceptors (Lipinski definition) is 2. The van der Waals surface area contributed by atoms with Crippen molar-refractivity contribution in [3.8, 4) is 5.69 Å². The Morgan fingerprint density at radius 1 is 1.30 bits per heavy atom. The summed E-state index contributed by atoms with van der Waals surface area (Å²) in [5.41, 5.74) is -2.53. The standard InChI is InChI=1S/C11H5Cl2F3N2O2/c12-5-2-1-3-6(4-5)18-9(13)7(10(19)20)8(17-18)11(14,15)16/h1-4H,(H,19,20). The van der Waals surface area contributed by atoms with E-state index >= 15 is 0 Å². The molecule has 106 valence electrons. The summed E-state index contributed by atoms with van der Waals surface area (Å²) in [4.78, 5) is 10.9. The van der Waals surface area contributed by atoms with Gasteiger partial charge in [-0.2, -0.15) is 18.3 Å². The van der Waals surface area contributed by atoms with Gasteiger partial charge < -0.3 is 5.11 Å². The number of hydrogen-bond donors (Lipinski definition) is 1. The first-order valence-electron chi connectivity index (χ1n) is 5.06. The van der Waals surface area contributed by atoms with Crippen LogP contribution >= 0.6 is 23.2 Å². The monoisotopic (exact) mass is 324 g/mol. The molecule has 20 heavy (non-hydrogen) atoms. The molecular weight excluding hydrogens is 320 g/mol. The van der Waals surface area contributed by atoms with Crippen molar-refractivity contribution in [1.82, 2.24) is 9.78 Å².